The van der Waals surface area contributed by atoms with Crippen LogP contribution in [-0.2, 0) is 4.74 Å². The van der Waals surface area contributed by atoms with Crippen molar-refractivity contribution in [2.45, 2.75) is 13.8 Å². The smallest absolute Gasteiger partial charge is 0.360 e. The summed E-state index contributed by atoms with van der Waals surface area (Å²) in [5.74, 6) is -0.679. The summed E-state index contributed by atoms with van der Waals surface area (Å²) in [5, 5.41) is 29.1. The molecule has 2 aromatic rings. The third-order valence-corrected chi connectivity index (χ3v) is 2.98. The highest BCUT2D eigenvalue weighted by Gasteiger charge is 2.22. The maximum absolute atomic E-state index is 11.7. The molecular formula is C12H12N6O6. The van der Waals surface area contributed by atoms with Crippen LogP contribution in [0.15, 0.2) is 18.2 Å². The van der Waals surface area contributed by atoms with Crippen LogP contribution in [0.4, 0.5) is 17.1 Å². The van der Waals surface area contributed by atoms with Gasteiger partial charge in [-0.05, 0) is 25.1 Å². The lowest BCUT2D eigenvalue weighted by Gasteiger charge is -2.08. The number of hydrogen-bond acceptors (Lipinski definition) is 9. The van der Waals surface area contributed by atoms with Crippen LogP contribution in [0.2, 0.25) is 0 Å². The SMILES string of the molecule is CCOC(=O)c1nnn(Nc2ccc([N+](=O)[O-])cc2[N+](=O)[O-])c1C. The Labute approximate surface area is 134 Å². The fourth-order valence-corrected chi connectivity index (χ4v) is 1.82. The molecule has 126 valence electrons. The van der Waals surface area contributed by atoms with E-state index in [1.54, 1.807) is 6.92 Å². The van der Waals surface area contributed by atoms with Gasteiger partial charge in [-0.25, -0.2) is 4.79 Å². The predicted molar refractivity (Wildman–Crippen MR) is 79.5 cm³/mol. The molecule has 2 rings (SSSR count). The molecule has 0 aliphatic rings. The van der Waals surface area contributed by atoms with Gasteiger partial charge in [-0.15, -0.1) is 5.10 Å². The Bertz CT molecular complexity index is 816. The number of nitro groups is 2. The predicted octanol–water partition coefficient (Wildman–Crippen LogP) is 1.45. The molecule has 0 atom stereocenters. The molecule has 0 aliphatic carbocycles. The third-order valence-electron chi connectivity index (χ3n) is 2.98. The number of benzene rings is 1. The maximum atomic E-state index is 11.7. The molecule has 12 heteroatoms. The fraction of sp³-hybridized carbons (Fsp3) is 0.250. The van der Waals surface area contributed by atoms with Gasteiger partial charge in [-0.3, -0.25) is 25.7 Å². The van der Waals surface area contributed by atoms with Crippen molar-refractivity contribution in [3.63, 3.8) is 0 Å². The summed E-state index contributed by atoms with van der Waals surface area (Å²) in [5.41, 5.74) is 1.81. The highest BCUT2D eigenvalue weighted by Crippen LogP contribution is 2.29. The average molecular weight is 336 g/mol. The standard InChI is InChI=1S/C12H12N6O6/c1-3-24-12(19)11-7(2)16(15-13-11)14-9-5-4-8(17(20)21)6-10(9)18(22)23/h4-6,14H,3H2,1-2H3. The van der Waals surface area contributed by atoms with Gasteiger partial charge in [0.05, 0.1) is 28.2 Å². The molecular weight excluding hydrogens is 324 g/mol. The zero-order chi connectivity index (χ0) is 17.9. The van der Waals surface area contributed by atoms with Crippen molar-refractivity contribution in [3.8, 4) is 0 Å². The minimum absolute atomic E-state index is 0.0472. The van der Waals surface area contributed by atoms with Gasteiger partial charge in [0.25, 0.3) is 5.69 Å². The van der Waals surface area contributed by atoms with Crippen LogP contribution in [0.3, 0.4) is 0 Å². The van der Waals surface area contributed by atoms with E-state index >= 15 is 0 Å². The van der Waals surface area contributed by atoms with Gasteiger partial charge in [0, 0.05) is 6.07 Å². The van der Waals surface area contributed by atoms with Crippen LogP contribution < -0.4 is 5.43 Å². The van der Waals surface area contributed by atoms with Gasteiger partial charge >= 0.3 is 11.7 Å². The lowest BCUT2D eigenvalue weighted by molar-refractivity contribution is -0.393. The number of non-ortho nitro benzene ring substituents is 1. The first kappa shape index (κ1) is 16.8. The van der Waals surface area contributed by atoms with Gasteiger partial charge in [-0.2, -0.15) is 4.79 Å². The van der Waals surface area contributed by atoms with E-state index in [-0.39, 0.29) is 23.7 Å². The summed E-state index contributed by atoms with van der Waals surface area (Å²) in [7, 11) is 0. The largest absolute Gasteiger partial charge is 0.461 e. The summed E-state index contributed by atoms with van der Waals surface area (Å²) in [4.78, 5) is 33.0. The number of hydrogen-bond donors (Lipinski definition) is 1. The summed E-state index contributed by atoms with van der Waals surface area (Å²) >= 11 is 0. The number of carbonyl (C=O) groups excluding carboxylic acids is 1. The molecule has 0 saturated carbocycles. The zero-order valence-corrected chi connectivity index (χ0v) is 12.6. The summed E-state index contributed by atoms with van der Waals surface area (Å²) in [6.45, 7) is 3.30. The number of nitrogens with zero attached hydrogens (tertiary/aromatic N) is 5. The van der Waals surface area contributed by atoms with Crippen molar-refractivity contribution in [1.29, 1.82) is 0 Å². The first-order valence-electron chi connectivity index (χ1n) is 6.64. The first-order chi connectivity index (χ1) is 11.3. The molecule has 12 nitrogen and oxygen atoms in total. The van der Waals surface area contributed by atoms with E-state index in [0.29, 0.717) is 0 Å². The van der Waals surface area contributed by atoms with Crippen LogP contribution in [0.5, 0.6) is 0 Å². The molecule has 1 heterocycles. The van der Waals surface area contributed by atoms with Crippen molar-refractivity contribution in [1.82, 2.24) is 15.1 Å². The molecule has 1 aromatic carbocycles. The number of ether oxygens (including phenoxy) is 1. The van der Waals surface area contributed by atoms with Crippen LogP contribution >= 0.6 is 0 Å². The highest BCUT2D eigenvalue weighted by atomic mass is 16.6. The Morgan fingerprint density at radius 1 is 1.33 bits per heavy atom. The van der Waals surface area contributed by atoms with E-state index < -0.39 is 27.2 Å². The van der Waals surface area contributed by atoms with Gasteiger partial charge < -0.3 is 4.74 Å². The normalized spacial score (nSPS) is 10.2. The van der Waals surface area contributed by atoms with Crippen molar-refractivity contribution >= 4 is 23.0 Å². The third kappa shape index (κ3) is 3.26. The Balaban J connectivity index is 2.36. The topological polar surface area (TPSA) is 155 Å². The quantitative estimate of drug-likeness (QED) is 0.468. The minimum atomic E-state index is -0.770. The average Bonchev–Trinajstić information content (AvgIpc) is 2.88. The summed E-state index contributed by atoms with van der Waals surface area (Å²) in [6.07, 6.45) is 0. The van der Waals surface area contributed by atoms with Crippen molar-refractivity contribution in [2.75, 3.05) is 12.0 Å². The van der Waals surface area contributed by atoms with E-state index in [2.05, 4.69) is 15.7 Å². The Hall–Kier alpha value is -3.57. The van der Waals surface area contributed by atoms with E-state index in [0.717, 1.165) is 16.9 Å². The number of anilines is 1. The van der Waals surface area contributed by atoms with Crippen LogP contribution in [0.1, 0.15) is 23.1 Å². The number of rotatable bonds is 6. The van der Waals surface area contributed by atoms with E-state index in [1.165, 1.54) is 13.0 Å². The molecule has 0 fully saturated rings. The monoisotopic (exact) mass is 336 g/mol. The molecule has 0 unspecified atom stereocenters. The second-order valence-corrected chi connectivity index (χ2v) is 4.48. The number of carbonyl (C=O) groups is 1. The molecule has 0 radical (unpaired) electrons. The number of esters is 1. The molecule has 0 spiro atoms. The second kappa shape index (κ2) is 6.68. The van der Waals surface area contributed by atoms with Gasteiger partial charge in [0.1, 0.15) is 5.69 Å². The van der Waals surface area contributed by atoms with E-state index in [4.69, 9.17) is 4.74 Å². The second-order valence-electron chi connectivity index (χ2n) is 4.48. The maximum Gasteiger partial charge on any atom is 0.360 e. The lowest BCUT2D eigenvalue weighted by atomic mass is 10.2. The zero-order valence-electron chi connectivity index (χ0n) is 12.6. The van der Waals surface area contributed by atoms with Gasteiger partial charge in [-0.1, -0.05) is 0 Å². The molecule has 1 aromatic heterocycles. The Morgan fingerprint density at radius 3 is 2.62 bits per heavy atom. The molecule has 24 heavy (non-hydrogen) atoms. The lowest BCUT2D eigenvalue weighted by Crippen LogP contribution is -2.15. The van der Waals surface area contributed by atoms with E-state index in [1.807, 2.05) is 0 Å². The van der Waals surface area contributed by atoms with Crippen LogP contribution in [0, 0.1) is 27.2 Å². The first-order valence-corrected chi connectivity index (χ1v) is 6.64. The fourth-order valence-electron chi connectivity index (χ4n) is 1.82. The number of nitrogens with one attached hydrogen (secondary N) is 1. The van der Waals surface area contributed by atoms with E-state index in [9.17, 15) is 25.0 Å². The Kier molecular flexibility index (Phi) is 4.68. The summed E-state index contributed by atoms with van der Waals surface area (Å²) in [6, 6.07) is 3.09. The van der Waals surface area contributed by atoms with Gasteiger partial charge in [0.15, 0.2) is 5.69 Å². The van der Waals surface area contributed by atoms with Crippen LogP contribution in [0.25, 0.3) is 0 Å². The Morgan fingerprint density at radius 2 is 2.04 bits per heavy atom. The molecule has 0 aliphatic heterocycles. The number of aromatic nitrogens is 3. The number of nitro benzene ring substituents is 2. The van der Waals surface area contributed by atoms with Crippen molar-refractivity contribution < 1.29 is 19.4 Å². The molecule has 1 N–H and O–H groups in total. The van der Waals surface area contributed by atoms with Crippen LogP contribution in [-0.4, -0.2) is 37.5 Å². The minimum Gasteiger partial charge on any atom is -0.461 e. The highest BCUT2D eigenvalue weighted by molar-refractivity contribution is 5.88. The molecule has 0 saturated heterocycles. The summed E-state index contributed by atoms with van der Waals surface area (Å²) < 4.78 is 4.81. The van der Waals surface area contributed by atoms with Gasteiger partial charge in [0.2, 0.25) is 0 Å². The van der Waals surface area contributed by atoms with Crippen molar-refractivity contribution in [3.05, 3.63) is 49.8 Å². The molecule has 0 bridgehead atoms. The molecule has 0 amide bonds. The van der Waals surface area contributed by atoms with Crippen molar-refractivity contribution in [2.24, 2.45) is 0 Å².